The highest BCUT2D eigenvalue weighted by molar-refractivity contribution is 6.00. The first-order valence-corrected chi connectivity index (χ1v) is 5.41. The Bertz CT molecular complexity index is 617. The molecule has 21 heavy (non-hydrogen) atoms. The van der Waals surface area contributed by atoms with E-state index in [1.165, 1.54) is 0 Å². The van der Waals surface area contributed by atoms with Gasteiger partial charge in [0.1, 0.15) is 17.4 Å². The van der Waals surface area contributed by atoms with Crippen molar-refractivity contribution in [3.63, 3.8) is 0 Å². The number of nitro groups is 1. The second kappa shape index (κ2) is 6.41. The van der Waals surface area contributed by atoms with Gasteiger partial charge < -0.3 is 15.5 Å². The van der Waals surface area contributed by atoms with Crippen molar-refractivity contribution in [2.45, 2.75) is 12.5 Å². The molecule has 1 atom stereocenters. The van der Waals surface area contributed by atoms with Crippen LogP contribution in [0.4, 0.5) is 10.1 Å². The number of benzene rings is 1. The van der Waals surface area contributed by atoms with E-state index in [1.54, 1.807) is 0 Å². The maximum absolute atomic E-state index is 12.9. The molecule has 0 aromatic heterocycles. The van der Waals surface area contributed by atoms with E-state index in [9.17, 15) is 28.9 Å². The first kappa shape index (κ1) is 16.0. The zero-order valence-electron chi connectivity index (χ0n) is 10.3. The van der Waals surface area contributed by atoms with Crippen molar-refractivity contribution in [3.8, 4) is 0 Å². The molecule has 1 rings (SSSR count). The third-order valence-electron chi connectivity index (χ3n) is 2.38. The standard InChI is InChI=1S/C11H9FN2O7/c12-5-1-2-6(8(3-5)14(20)21)10(17)13-7(11(18)19)4-9(15)16/h1-3,7H,4H2,(H,13,17)(H,15,16)(H,18,19)/t7-/m1/s1. The number of carboxylic acid groups (broad SMARTS) is 2. The quantitative estimate of drug-likeness (QED) is 0.508. The summed E-state index contributed by atoms with van der Waals surface area (Å²) in [5.41, 5.74) is -1.43. The van der Waals surface area contributed by atoms with Crippen LogP contribution >= 0.6 is 0 Å². The number of amides is 1. The zero-order chi connectivity index (χ0) is 16.2. The predicted octanol–water partition coefficient (Wildman–Crippen LogP) is 0.392. The first-order chi connectivity index (χ1) is 9.72. The van der Waals surface area contributed by atoms with Crippen molar-refractivity contribution < 1.29 is 33.9 Å². The minimum Gasteiger partial charge on any atom is -0.481 e. The van der Waals surface area contributed by atoms with Crippen molar-refractivity contribution in [2.75, 3.05) is 0 Å². The van der Waals surface area contributed by atoms with Crippen LogP contribution in [-0.4, -0.2) is 39.0 Å². The summed E-state index contributed by atoms with van der Waals surface area (Å²) in [4.78, 5) is 42.8. The van der Waals surface area contributed by atoms with Crippen LogP contribution in [0.15, 0.2) is 18.2 Å². The van der Waals surface area contributed by atoms with Crippen molar-refractivity contribution >= 4 is 23.5 Å². The van der Waals surface area contributed by atoms with Crippen molar-refractivity contribution in [2.24, 2.45) is 0 Å². The van der Waals surface area contributed by atoms with Gasteiger partial charge in [-0.2, -0.15) is 0 Å². The van der Waals surface area contributed by atoms with Gasteiger partial charge in [-0.05, 0) is 12.1 Å². The number of nitrogens with zero attached hydrogens (tertiary/aromatic N) is 1. The molecule has 0 spiro atoms. The number of nitro benzene ring substituents is 1. The lowest BCUT2D eigenvalue weighted by molar-refractivity contribution is -0.385. The van der Waals surface area contributed by atoms with Crippen LogP contribution in [0.3, 0.4) is 0 Å². The third-order valence-corrected chi connectivity index (χ3v) is 2.38. The summed E-state index contributed by atoms with van der Waals surface area (Å²) in [5.74, 6) is -5.22. The highest BCUT2D eigenvalue weighted by Gasteiger charge is 2.27. The van der Waals surface area contributed by atoms with E-state index in [4.69, 9.17) is 10.2 Å². The minimum absolute atomic E-state index is 0.502. The summed E-state index contributed by atoms with van der Waals surface area (Å²) in [7, 11) is 0. The molecule has 0 saturated heterocycles. The van der Waals surface area contributed by atoms with E-state index in [0.29, 0.717) is 6.07 Å². The molecule has 112 valence electrons. The molecule has 0 aliphatic rings. The maximum Gasteiger partial charge on any atom is 0.326 e. The Hall–Kier alpha value is -3.04. The van der Waals surface area contributed by atoms with Crippen LogP contribution in [0.5, 0.6) is 0 Å². The smallest absolute Gasteiger partial charge is 0.326 e. The Labute approximate surface area is 116 Å². The summed E-state index contributed by atoms with van der Waals surface area (Å²) in [5, 5.41) is 29.8. The Morgan fingerprint density at radius 2 is 1.95 bits per heavy atom. The number of aliphatic carboxylic acids is 2. The molecule has 0 aliphatic heterocycles. The summed E-state index contributed by atoms with van der Waals surface area (Å²) in [6.45, 7) is 0. The Balaban J connectivity index is 3.05. The molecule has 9 nitrogen and oxygen atoms in total. The van der Waals surface area contributed by atoms with Crippen molar-refractivity contribution in [1.82, 2.24) is 5.32 Å². The number of carbonyl (C=O) groups is 3. The Morgan fingerprint density at radius 3 is 2.43 bits per heavy atom. The lowest BCUT2D eigenvalue weighted by atomic mass is 10.1. The second-order valence-corrected chi connectivity index (χ2v) is 3.88. The average molecular weight is 300 g/mol. The first-order valence-electron chi connectivity index (χ1n) is 5.41. The highest BCUT2D eigenvalue weighted by Crippen LogP contribution is 2.19. The van der Waals surface area contributed by atoms with Crippen LogP contribution in [0.2, 0.25) is 0 Å². The monoisotopic (exact) mass is 300 g/mol. The molecule has 1 amide bonds. The molecule has 0 radical (unpaired) electrons. The summed E-state index contributed by atoms with van der Waals surface area (Å²) in [6.07, 6.45) is -0.907. The lowest BCUT2D eigenvalue weighted by Crippen LogP contribution is -2.42. The molecule has 0 heterocycles. The summed E-state index contributed by atoms with van der Waals surface area (Å²) >= 11 is 0. The van der Waals surface area contributed by atoms with Gasteiger partial charge in [0.25, 0.3) is 11.6 Å². The summed E-state index contributed by atoms with van der Waals surface area (Å²) < 4.78 is 12.9. The van der Waals surface area contributed by atoms with Crippen LogP contribution in [-0.2, 0) is 9.59 Å². The number of halogens is 1. The molecular weight excluding hydrogens is 291 g/mol. The van der Waals surface area contributed by atoms with Crippen molar-refractivity contribution in [3.05, 3.63) is 39.7 Å². The second-order valence-electron chi connectivity index (χ2n) is 3.88. The Morgan fingerprint density at radius 1 is 1.33 bits per heavy atom. The number of hydrogen-bond acceptors (Lipinski definition) is 5. The van der Waals surface area contributed by atoms with E-state index in [-0.39, 0.29) is 0 Å². The third kappa shape index (κ3) is 4.23. The van der Waals surface area contributed by atoms with Gasteiger partial charge in [-0.25, -0.2) is 9.18 Å². The van der Waals surface area contributed by atoms with Crippen LogP contribution in [0, 0.1) is 15.9 Å². The number of nitrogens with one attached hydrogen (secondary N) is 1. The number of carboxylic acids is 2. The molecule has 0 unspecified atom stereocenters. The highest BCUT2D eigenvalue weighted by atomic mass is 19.1. The van der Waals surface area contributed by atoms with Gasteiger partial charge in [-0.3, -0.25) is 19.7 Å². The largest absolute Gasteiger partial charge is 0.481 e. The van der Waals surface area contributed by atoms with Crippen LogP contribution < -0.4 is 5.32 Å². The maximum atomic E-state index is 12.9. The Kier molecular flexibility index (Phi) is 4.89. The SMILES string of the molecule is O=C(O)C[C@@H](NC(=O)c1ccc(F)cc1[N+](=O)[O-])C(=O)O. The fraction of sp³-hybridized carbons (Fsp3) is 0.182. The van der Waals surface area contributed by atoms with E-state index >= 15 is 0 Å². The van der Waals surface area contributed by atoms with Gasteiger partial charge >= 0.3 is 11.9 Å². The topological polar surface area (TPSA) is 147 Å². The van der Waals surface area contributed by atoms with Crippen LogP contribution in [0.1, 0.15) is 16.8 Å². The molecule has 0 saturated carbocycles. The number of rotatable bonds is 6. The van der Waals surface area contributed by atoms with E-state index in [0.717, 1.165) is 12.1 Å². The molecular formula is C11H9FN2O7. The fourth-order valence-corrected chi connectivity index (χ4v) is 1.46. The zero-order valence-corrected chi connectivity index (χ0v) is 10.3. The van der Waals surface area contributed by atoms with E-state index in [2.05, 4.69) is 0 Å². The van der Waals surface area contributed by atoms with Gasteiger partial charge in [0, 0.05) is 0 Å². The number of carbonyl (C=O) groups excluding carboxylic acids is 1. The molecule has 0 fully saturated rings. The van der Waals surface area contributed by atoms with E-state index < -0.39 is 52.3 Å². The van der Waals surface area contributed by atoms with Gasteiger partial charge in [-0.1, -0.05) is 0 Å². The van der Waals surface area contributed by atoms with E-state index in [1.807, 2.05) is 5.32 Å². The predicted molar refractivity (Wildman–Crippen MR) is 64.2 cm³/mol. The summed E-state index contributed by atoms with van der Waals surface area (Å²) in [6, 6.07) is 0.332. The molecule has 0 aliphatic carbocycles. The molecule has 10 heteroatoms. The van der Waals surface area contributed by atoms with Gasteiger partial charge in [-0.15, -0.1) is 0 Å². The van der Waals surface area contributed by atoms with Gasteiger partial charge in [0.2, 0.25) is 0 Å². The van der Waals surface area contributed by atoms with Gasteiger partial charge in [0.15, 0.2) is 0 Å². The molecule has 1 aromatic rings. The molecule has 1 aromatic carbocycles. The van der Waals surface area contributed by atoms with Crippen LogP contribution in [0.25, 0.3) is 0 Å². The van der Waals surface area contributed by atoms with Gasteiger partial charge in [0.05, 0.1) is 17.4 Å². The van der Waals surface area contributed by atoms with Crippen molar-refractivity contribution in [1.29, 1.82) is 0 Å². The molecule has 3 N–H and O–H groups in total. The average Bonchev–Trinajstić information content (AvgIpc) is 2.36. The molecule has 0 bridgehead atoms. The fourth-order valence-electron chi connectivity index (χ4n) is 1.46. The normalized spacial score (nSPS) is 11.5. The number of hydrogen-bond donors (Lipinski definition) is 3. The lowest BCUT2D eigenvalue weighted by Gasteiger charge is -2.12. The minimum atomic E-state index is -1.76.